The van der Waals surface area contributed by atoms with Crippen LogP contribution in [0.5, 0.6) is 0 Å². The van der Waals surface area contributed by atoms with Crippen molar-refractivity contribution < 1.29 is 4.57 Å². The summed E-state index contributed by atoms with van der Waals surface area (Å²) < 4.78 is 11.9. The maximum Gasteiger partial charge on any atom is 0.116 e. The Labute approximate surface area is 73.5 Å². The van der Waals surface area contributed by atoms with Crippen molar-refractivity contribution in [3.63, 3.8) is 0 Å². The third-order valence-electron chi connectivity index (χ3n) is 1.78. The Morgan fingerprint density at radius 1 is 1.42 bits per heavy atom. The Balaban J connectivity index is 2.98. The van der Waals surface area contributed by atoms with E-state index in [-0.39, 0.29) is 0 Å². The van der Waals surface area contributed by atoms with E-state index in [1.54, 1.807) is 12.7 Å². The maximum absolute atomic E-state index is 11.9. The van der Waals surface area contributed by atoms with E-state index in [1.165, 1.54) is 0 Å². The smallest absolute Gasteiger partial charge is 0.116 e. The first-order valence-corrected chi connectivity index (χ1v) is 6.24. The normalized spacial score (nSPS) is 15.1. The van der Waals surface area contributed by atoms with Crippen LogP contribution >= 0.6 is 7.14 Å². The molecule has 0 bridgehead atoms. The van der Waals surface area contributed by atoms with Crippen molar-refractivity contribution in [1.29, 1.82) is 0 Å². The molecule has 1 atom stereocenters. The van der Waals surface area contributed by atoms with E-state index in [0.717, 1.165) is 5.30 Å². The lowest BCUT2D eigenvalue weighted by Crippen LogP contribution is -2.04. The summed E-state index contributed by atoms with van der Waals surface area (Å²) >= 11 is 0. The lowest BCUT2D eigenvalue weighted by atomic mass is 10.4. The van der Waals surface area contributed by atoms with Crippen molar-refractivity contribution in [3.05, 3.63) is 43.0 Å². The van der Waals surface area contributed by atoms with Crippen molar-refractivity contribution >= 4 is 12.4 Å². The van der Waals surface area contributed by atoms with Gasteiger partial charge in [0.05, 0.1) is 0 Å². The lowest BCUT2D eigenvalue weighted by molar-refractivity contribution is 0.586. The van der Waals surface area contributed by atoms with Crippen molar-refractivity contribution in [3.8, 4) is 0 Å². The van der Waals surface area contributed by atoms with E-state index in [0.29, 0.717) is 6.16 Å². The largest absolute Gasteiger partial charge is 0.319 e. The first-order valence-electron chi connectivity index (χ1n) is 3.90. The highest BCUT2D eigenvalue weighted by Crippen LogP contribution is 2.39. The van der Waals surface area contributed by atoms with Crippen LogP contribution in [0.4, 0.5) is 0 Å². The van der Waals surface area contributed by atoms with Crippen LogP contribution in [0.3, 0.4) is 0 Å². The lowest BCUT2D eigenvalue weighted by Gasteiger charge is -2.09. The molecule has 1 nitrogen and oxygen atoms in total. The molecule has 0 aliphatic heterocycles. The van der Waals surface area contributed by atoms with Crippen molar-refractivity contribution in [1.82, 2.24) is 0 Å². The van der Waals surface area contributed by atoms with Crippen LogP contribution in [-0.4, -0.2) is 12.8 Å². The average molecular weight is 180 g/mol. The average Bonchev–Trinajstić information content (AvgIpc) is 2.06. The summed E-state index contributed by atoms with van der Waals surface area (Å²) in [6.45, 7) is 5.39. The molecule has 2 heteroatoms. The Bertz CT molecular complexity index is 303. The highest BCUT2D eigenvalue weighted by Gasteiger charge is 2.14. The van der Waals surface area contributed by atoms with E-state index in [2.05, 4.69) is 6.58 Å². The molecule has 0 aliphatic carbocycles. The minimum Gasteiger partial charge on any atom is -0.319 e. The summed E-state index contributed by atoms with van der Waals surface area (Å²) in [7, 11) is -2.16. The van der Waals surface area contributed by atoms with Crippen molar-refractivity contribution in [2.45, 2.75) is 0 Å². The first-order chi connectivity index (χ1) is 5.67. The summed E-state index contributed by atoms with van der Waals surface area (Å²) in [5.41, 5.74) is 0. The molecule has 0 aromatic heterocycles. The topological polar surface area (TPSA) is 17.1 Å². The number of allylic oxidation sites excluding steroid dienone is 1. The Morgan fingerprint density at radius 2 is 2.00 bits per heavy atom. The molecule has 0 fully saturated rings. The molecule has 1 aromatic rings. The SMILES string of the molecule is C=CCP(C)(=O)c1ccccc1. The minimum atomic E-state index is -2.16. The molecule has 1 unspecified atom stereocenters. The molecular weight excluding hydrogens is 167 g/mol. The van der Waals surface area contributed by atoms with Gasteiger partial charge >= 0.3 is 0 Å². The molecule has 0 N–H and O–H groups in total. The molecule has 0 heterocycles. The van der Waals surface area contributed by atoms with Crippen LogP contribution < -0.4 is 5.30 Å². The van der Waals surface area contributed by atoms with E-state index in [9.17, 15) is 4.57 Å². The van der Waals surface area contributed by atoms with Crippen LogP contribution in [0.15, 0.2) is 43.0 Å². The van der Waals surface area contributed by atoms with Gasteiger partial charge in [-0.05, 0) is 6.66 Å². The summed E-state index contributed by atoms with van der Waals surface area (Å²) in [6, 6.07) is 9.56. The van der Waals surface area contributed by atoms with Gasteiger partial charge in [0.25, 0.3) is 0 Å². The second kappa shape index (κ2) is 3.73. The highest BCUT2D eigenvalue weighted by atomic mass is 31.2. The van der Waals surface area contributed by atoms with Crippen LogP contribution in [0, 0.1) is 0 Å². The molecule has 0 radical (unpaired) electrons. The molecule has 0 aliphatic rings. The number of rotatable bonds is 3. The molecule has 0 amide bonds. The van der Waals surface area contributed by atoms with Crippen LogP contribution in [-0.2, 0) is 4.57 Å². The Kier molecular flexibility index (Phi) is 2.88. The van der Waals surface area contributed by atoms with Gasteiger partial charge in [0, 0.05) is 11.5 Å². The molecule has 0 spiro atoms. The summed E-state index contributed by atoms with van der Waals surface area (Å²) in [4.78, 5) is 0. The Hall–Kier alpha value is -0.810. The number of hydrogen-bond donors (Lipinski definition) is 0. The molecule has 12 heavy (non-hydrogen) atoms. The second-order valence-corrected chi connectivity index (χ2v) is 5.99. The van der Waals surface area contributed by atoms with Gasteiger partial charge in [-0.25, -0.2) is 0 Å². The molecule has 1 aromatic carbocycles. The minimum absolute atomic E-state index is 0.580. The monoisotopic (exact) mass is 180 g/mol. The standard InChI is InChI=1S/C10H13OP/c1-3-9-12(2,11)10-7-5-4-6-8-10/h3-8H,1,9H2,2H3. The van der Waals surface area contributed by atoms with E-state index in [1.807, 2.05) is 30.3 Å². The van der Waals surface area contributed by atoms with Gasteiger partial charge in [-0.1, -0.05) is 36.4 Å². The highest BCUT2D eigenvalue weighted by molar-refractivity contribution is 7.71. The molecule has 0 saturated carbocycles. The summed E-state index contributed by atoms with van der Waals surface area (Å²) in [5.74, 6) is 0. The zero-order valence-corrected chi connectivity index (χ0v) is 8.13. The fourth-order valence-corrected chi connectivity index (χ4v) is 2.60. The third-order valence-corrected chi connectivity index (χ3v) is 4.13. The third kappa shape index (κ3) is 2.09. The summed E-state index contributed by atoms with van der Waals surface area (Å²) in [6.07, 6.45) is 2.30. The van der Waals surface area contributed by atoms with E-state index < -0.39 is 7.14 Å². The van der Waals surface area contributed by atoms with Gasteiger partial charge in [-0.3, -0.25) is 0 Å². The quantitative estimate of drug-likeness (QED) is 0.516. The fraction of sp³-hybridized carbons (Fsp3) is 0.200. The van der Waals surface area contributed by atoms with Gasteiger partial charge in [0.15, 0.2) is 0 Å². The van der Waals surface area contributed by atoms with Crippen molar-refractivity contribution in [2.24, 2.45) is 0 Å². The zero-order chi connectivity index (χ0) is 9.03. The van der Waals surface area contributed by atoms with Gasteiger partial charge in [-0.15, -0.1) is 6.58 Å². The van der Waals surface area contributed by atoms with Crippen LogP contribution in [0.2, 0.25) is 0 Å². The fourth-order valence-electron chi connectivity index (χ4n) is 1.10. The van der Waals surface area contributed by atoms with Gasteiger partial charge in [0.1, 0.15) is 7.14 Å². The molecule has 0 saturated heterocycles. The molecule has 1 rings (SSSR count). The van der Waals surface area contributed by atoms with Crippen LogP contribution in [0.25, 0.3) is 0 Å². The second-order valence-electron chi connectivity index (χ2n) is 2.91. The predicted molar refractivity (Wildman–Crippen MR) is 54.7 cm³/mol. The van der Waals surface area contributed by atoms with Gasteiger partial charge in [-0.2, -0.15) is 0 Å². The maximum atomic E-state index is 11.9. The Morgan fingerprint density at radius 3 is 2.50 bits per heavy atom. The summed E-state index contributed by atoms with van der Waals surface area (Å²) in [5, 5.41) is 0.935. The zero-order valence-electron chi connectivity index (χ0n) is 7.23. The van der Waals surface area contributed by atoms with E-state index in [4.69, 9.17) is 0 Å². The number of benzene rings is 1. The van der Waals surface area contributed by atoms with Gasteiger partial charge < -0.3 is 4.57 Å². The number of hydrogen-bond acceptors (Lipinski definition) is 1. The van der Waals surface area contributed by atoms with Crippen LogP contribution in [0.1, 0.15) is 0 Å². The molecule has 64 valence electrons. The predicted octanol–water partition coefficient (Wildman–Crippen LogP) is 2.49. The van der Waals surface area contributed by atoms with Gasteiger partial charge in [0.2, 0.25) is 0 Å². The first kappa shape index (κ1) is 9.28. The van der Waals surface area contributed by atoms with Crippen molar-refractivity contribution in [2.75, 3.05) is 12.8 Å². The molecular formula is C10H13OP. The van der Waals surface area contributed by atoms with E-state index >= 15 is 0 Å².